The largest absolute Gasteiger partial charge is 0.322 e. The van der Waals surface area contributed by atoms with Crippen molar-refractivity contribution in [2.75, 3.05) is 5.32 Å². The van der Waals surface area contributed by atoms with E-state index in [-0.39, 0.29) is 28.2 Å². The summed E-state index contributed by atoms with van der Waals surface area (Å²) in [7, 11) is 0. The van der Waals surface area contributed by atoms with E-state index in [0.29, 0.717) is 17.9 Å². The number of nitro groups is 1. The van der Waals surface area contributed by atoms with Gasteiger partial charge in [0.15, 0.2) is 6.29 Å². The quantitative estimate of drug-likeness (QED) is 0.538. The van der Waals surface area contributed by atoms with Crippen molar-refractivity contribution in [2.45, 2.75) is 32.6 Å². The number of nitrogens with one attached hydrogen (secondary N) is 3. The van der Waals surface area contributed by atoms with Crippen LogP contribution in [0.1, 0.15) is 35.7 Å². The van der Waals surface area contributed by atoms with Crippen molar-refractivity contribution in [3.63, 3.8) is 0 Å². The number of aromatic nitrogens is 2. The molecule has 11 heteroatoms. The number of amides is 2. The normalized spacial score (nSPS) is 19.4. The number of rotatable bonds is 4. The van der Waals surface area contributed by atoms with E-state index < -0.39 is 17.1 Å². The highest BCUT2D eigenvalue weighted by atomic mass is 35.5. The molecule has 0 spiro atoms. The molecular formula is C16H17ClN6O4. The lowest BCUT2D eigenvalue weighted by atomic mass is 10.2. The van der Waals surface area contributed by atoms with Gasteiger partial charge in [0, 0.05) is 30.7 Å². The SMILES string of the molecule is Cc1cc(NC(=O)c2cc([N+](=O)[O-])ccc2Cl)n(C2NC(=O)CC(C)N2)n1. The highest BCUT2D eigenvalue weighted by Crippen LogP contribution is 2.24. The summed E-state index contributed by atoms with van der Waals surface area (Å²) in [4.78, 5) is 34.8. The maximum atomic E-state index is 12.6. The van der Waals surface area contributed by atoms with Gasteiger partial charge in [-0.05, 0) is 19.9 Å². The van der Waals surface area contributed by atoms with E-state index >= 15 is 0 Å². The maximum Gasteiger partial charge on any atom is 0.270 e. The van der Waals surface area contributed by atoms with Crippen molar-refractivity contribution in [1.29, 1.82) is 0 Å². The summed E-state index contributed by atoms with van der Waals surface area (Å²) in [6.07, 6.45) is -0.298. The molecule has 10 nitrogen and oxygen atoms in total. The van der Waals surface area contributed by atoms with E-state index in [1.807, 2.05) is 6.92 Å². The van der Waals surface area contributed by atoms with Gasteiger partial charge in [-0.3, -0.25) is 25.0 Å². The number of hydrogen-bond donors (Lipinski definition) is 3. The Morgan fingerprint density at radius 1 is 1.44 bits per heavy atom. The smallest absolute Gasteiger partial charge is 0.270 e. The number of benzene rings is 1. The zero-order valence-electron chi connectivity index (χ0n) is 14.5. The average Bonchev–Trinajstić information content (AvgIpc) is 2.94. The Kier molecular flexibility index (Phi) is 5.10. The number of nitrogens with zero attached hydrogens (tertiary/aromatic N) is 3. The van der Waals surface area contributed by atoms with E-state index in [9.17, 15) is 19.7 Å². The molecule has 1 fully saturated rings. The van der Waals surface area contributed by atoms with Crippen LogP contribution in [-0.2, 0) is 4.79 Å². The Labute approximate surface area is 159 Å². The first-order valence-electron chi connectivity index (χ1n) is 8.11. The summed E-state index contributed by atoms with van der Waals surface area (Å²) < 4.78 is 1.44. The van der Waals surface area contributed by atoms with E-state index in [1.165, 1.54) is 16.8 Å². The van der Waals surface area contributed by atoms with Crippen LogP contribution < -0.4 is 16.0 Å². The predicted octanol–water partition coefficient (Wildman–Crippen LogP) is 1.96. The van der Waals surface area contributed by atoms with E-state index in [2.05, 4.69) is 21.0 Å². The summed E-state index contributed by atoms with van der Waals surface area (Å²) >= 11 is 6.02. The van der Waals surface area contributed by atoms with Crippen LogP contribution in [0.15, 0.2) is 24.3 Å². The molecule has 3 rings (SSSR count). The van der Waals surface area contributed by atoms with Crippen molar-refractivity contribution < 1.29 is 14.5 Å². The number of hydrogen-bond acceptors (Lipinski definition) is 6. The lowest BCUT2D eigenvalue weighted by molar-refractivity contribution is -0.384. The molecule has 1 aliphatic heterocycles. The zero-order valence-corrected chi connectivity index (χ0v) is 15.3. The van der Waals surface area contributed by atoms with Gasteiger partial charge in [-0.2, -0.15) is 5.10 Å². The molecule has 2 unspecified atom stereocenters. The Morgan fingerprint density at radius 3 is 2.85 bits per heavy atom. The highest BCUT2D eigenvalue weighted by molar-refractivity contribution is 6.34. The number of non-ortho nitro benzene ring substituents is 1. The molecule has 1 aromatic carbocycles. The Hall–Kier alpha value is -2.98. The molecule has 0 bridgehead atoms. The minimum absolute atomic E-state index is 0.0368. The summed E-state index contributed by atoms with van der Waals surface area (Å²) in [5.41, 5.74) is 0.333. The van der Waals surface area contributed by atoms with Crippen LogP contribution in [0, 0.1) is 17.0 Å². The first kappa shape index (κ1) is 18.8. The maximum absolute atomic E-state index is 12.6. The minimum atomic E-state index is -0.633. The third-order valence-corrected chi connectivity index (χ3v) is 4.31. The minimum Gasteiger partial charge on any atom is -0.322 e. The van der Waals surface area contributed by atoms with Gasteiger partial charge in [0.05, 0.1) is 21.2 Å². The van der Waals surface area contributed by atoms with Gasteiger partial charge >= 0.3 is 0 Å². The van der Waals surface area contributed by atoms with Gasteiger partial charge < -0.3 is 10.6 Å². The molecule has 2 amide bonds. The third-order valence-electron chi connectivity index (χ3n) is 3.98. The number of aryl methyl sites for hydroxylation is 1. The van der Waals surface area contributed by atoms with Gasteiger partial charge in [0.1, 0.15) is 5.82 Å². The highest BCUT2D eigenvalue weighted by Gasteiger charge is 2.27. The Bertz CT molecular complexity index is 928. The van der Waals surface area contributed by atoms with Gasteiger partial charge in [-0.25, -0.2) is 4.68 Å². The Balaban J connectivity index is 1.88. The van der Waals surface area contributed by atoms with Gasteiger partial charge in [-0.15, -0.1) is 0 Å². The number of carbonyl (C=O) groups is 2. The van der Waals surface area contributed by atoms with Crippen molar-refractivity contribution in [3.05, 3.63) is 50.7 Å². The van der Waals surface area contributed by atoms with Crippen LogP contribution >= 0.6 is 11.6 Å². The molecule has 2 atom stereocenters. The number of carbonyl (C=O) groups excluding carboxylic acids is 2. The average molecular weight is 393 g/mol. The van der Waals surface area contributed by atoms with Crippen molar-refractivity contribution in [3.8, 4) is 0 Å². The van der Waals surface area contributed by atoms with E-state index in [1.54, 1.807) is 13.0 Å². The fourth-order valence-corrected chi connectivity index (χ4v) is 2.99. The van der Waals surface area contributed by atoms with Gasteiger partial charge in [-0.1, -0.05) is 11.6 Å². The molecule has 0 radical (unpaired) electrons. The monoisotopic (exact) mass is 392 g/mol. The van der Waals surface area contributed by atoms with Gasteiger partial charge in [0.25, 0.3) is 11.6 Å². The first-order valence-corrected chi connectivity index (χ1v) is 8.49. The topological polar surface area (TPSA) is 131 Å². The molecule has 27 heavy (non-hydrogen) atoms. The van der Waals surface area contributed by atoms with E-state index in [0.717, 1.165) is 6.07 Å². The van der Waals surface area contributed by atoms with Crippen LogP contribution in [0.5, 0.6) is 0 Å². The fourth-order valence-electron chi connectivity index (χ4n) is 2.78. The van der Waals surface area contributed by atoms with Crippen LogP contribution in [0.3, 0.4) is 0 Å². The number of anilines is 1. The van der Waals surface area contributed by atoms with E-state index in [4.69, 9.17) is 11.6 Å². The second-order valence-corrected chi connectivity index (χ2v) is 6.64. The molecule has 142 valence electrons. The molecule has 1 saturated heterocycles. The standard InChI is InChI=1S/C16H17ClN6O4/c1-8-6-14(24)20-16(18-8)22-13(5-9(2)21-22)19-15(25)11-7-10(23(26)27)3-4-12(11)17/h3-5,7-8,16,18H,6H2,1-2H3,(H,19,25)(H,20,24). The van der Waals surface area contributed by atoms with Crippen LogP contribution in [0.4, 0.5) is 11.5 Å². The lowest BCUT2D eigenvalue weighted by Gasteiger charge is -2.30. The van der Waals surface area contributed by atoms with Crippen molar-refractivity contribution >= 4 is 34.9 Å². The summed E-state index contributed by atoms with van der Waals surface area (Å²) in [5.74, 6) is -0.453. The summed E-state index contributed by atoms with van der Waals surface area (Å²) in [6.45, 7) is 3.60. The first-order chi connectivity index (χ1) is 12.7. The molecule has 1 aliphatic rings. The van der Waals surface area contributed by atoms with Crippen LogP contribution in [0.25, 0.3) is 0 Å². The Morgan fingerprint density at radius 2 is 2.19 bits per heavy atom. The van der Waals surface area contributed by atoms with Crippen molar-refractivity contribution in [1.82, 2.24) is 20.4 Å². The number of halogens is 1. The molecule has 0 saturated carbocycles. The van der Waals surface area contributed by atoms with Crippen LogP contribution in [-0.4, -0.2) is 32.6 Å². The second-order valence-electron chi connectivity index (χ2n) is 6.23. The third kappa shape index (κ3) is 4.07. The van der Waals surface area contributed by atoms with Crippen LogP contribution in [0.2, 0.25) is 5.02 Å². The van der Waals surface area contributed by atoms with Gasteiger partial charge in [0.2, 0.25) is 5.91 Å². The van der Waals surface area contributed by atoms with Crippen molar-refractivity contribution in [2.24, 2.45) is 0 Å². The predicted molar refractivity (Wildman–Crippen MR) is 97.4 cm³/mol. The number of nitro benzene ring substituents is 1. The zero-order chi connectivity index (χ0) is 19.7. The molecule has 0 aliphatic carbocycles. The molecule has 2 heterocycles. The molecule has 3 N–H and O–H groups in total. The molecule has 1 aromatic heterocycles. The summed E-state index contributed by atoms with van der Waals surface area (Å²) in [5, 5.41) is 23.9. The lowest BCUT2D eigenvalue weighted by Crippen LogP contribution is -2.52. The molecule has 2 aromatic rings. The second kappa shape index (κ2) is 7.33. The summed E-state index contributed by atoms with van der Waals surface area (Å²) in [6, 6.07) is 5.17. The molecular weight excluding hydrogens is 376 g/mol. The fraction of sp³-hybridized carbons (Fsp3) is 0.312.